The van der Waals surface area contributed by atoms with Crippen molar-refractivity contribution in [2.45, 2.75) is 13.1 Å². The predicted octanol–water partition coefficient (Wildman–Crippen LogP) is 2.82. The molecule has 0 saturated heterocycles. The minimum atomic E-state index is 0.345. The maximum absolute atomic E-state index is 8.67. The van der Waals surface area contributed by atoms with Crippen molar-refractivity contribution in [3.05, 3.63) is 53.5 Å². The highest BCUT2D eigenvalue weighted by molar-refractivity contribution is 5.44. The van der Waals surface area contributed by atoms with Gasteiger partial charge < -0.3 is 14.6 Å². The van der Waals surface area contributed by atoms with Crippen LogP contribution in [0.1, 0.15) is 17.1 Å². The molecule has 2 aromatic rings. The molecule has 0 unspecified atom stereocenters. The van der Waals surface area contributed by atoms with Crippen LogP contribution >= 0.6 is 0 Å². The normalized spacial score (nSPS) is 10.4. The van der Waals surface area contributed by atoms with E-state index in [2.05, 4.69) is 36.4 Å². The molecule has 98 valence electrons. The Hall–Kier alpha value is -2.25. The summed E-state index contributed by atoms with van der Waals surface area (Å²) in [6.45, 7) is 1.51. The summed E-state index contributed by atoms with van der Waals surface area (Å²) >= 11 is 0. The first-order valence-corrected chi connectivity index (χ1v) is 6.14. The molecule has 0 bridgehead atoms. The lowest BCUT2D eigenvalue weighted by Crippen LogP contribution is -2.10. The molecule has 1 N–H and O–H groups in total. The Morgan fingerprint density at radius 2 is 1.89 bits per heavy atom. The van der Waals surface area contributed by atoms with E-state index in [4.69, 9.17) is 9.68 Å². The van der Waals surface area contributed by atoms with E-state index >= 15 is 0 Å². The van der Waals surface area contributed by atoms with Gasteiger partial charge >= 0.3 is 0 Å². The number of hydrogen-bond donors (Lipinski definition) is 1. The van der Waals surface area contributed by atoms with Gasteiger partial charge in [-0.05, 0) is 43.9 Å². The van der Waals surface area contributed by atoms with E-state index in [1.807, 2.05) is 24.3 Å². The van der Waals surface area contributed by atoms with Crippen LogP contribution in [0.15, 0.2) is 40.8 Å². The van der Waals surface area contributed by atoms with Crippen LogP contribution in [0.25, 0.3) is 0 Å². The number of rotatable bonds is 5. The summed E-state index contributed by atoms with van der Waals surface area (Å²) in [5.41, 5.74) is 2.32. The summed E-state index contributed by atoms with van der Waals surface area (Å²) in [5.74, 6) is 1.10. The van der Waals surface area contributed by atoms with Crippen molar-refractivity contribution < 1.29 is 4.42 Å². The van der Waals surface area contributed by atoms with E-state index in [1.165, 1.54) is 5.56 Å². The van der Waals surface area contributed by atoms with Crippen molar-refractivity contribution in [1.82, 2.24) is 4.90 Å². The van der Waals surface area contributed by atoms with Crippen LogP contribution < -0.4 is 5.32 Å². The van der Waals surface area contributed by atoms with Crippen LogP contribution in [0.5, 0.6) is 0 Å². The van der Waals surface area contributed by atoms with Gasteiger partial charge in [0.25, 0.3) is 0 Å². The average Bonchev–Trinajstić information content (AvgIpc) is 2.85. The van der Waals surface area contributed by atoms with Gasteiger partial charge in [0.1, 0.15) is 11.8 Å². The number of hydrogen-bond acceptors (Lipinski definition) is 4. The number of benzene rings is 1. The fourth-order valence-corrected chi connectivity index (χ4v) is 1.82. The van der Waals surface area contributed by atoms with Gasteiger partial charge in [-0.3, -0.25) is 0 Å². The lowest BCUT2D eigenvalue weighted by molar-refractivity contribution is 0.402. The molecule has 1 heterocycles. The first-order chi connectivity index (χ1) is 9.17. The van der Waals surface area contributed by atoms with E-state index in [-0.39, 0.29) is 0 Å². The summed E-state index contributed by atoms with van der Waals surface area (Å²) in [5, 5.41) is 11.9. The fourth-order valence-electron chi connectivity index (χ4n) is 1.82. The van der Waals surface area contributed by atoms with Crippen molar-refractivity contribution in [1.29, 1.82) is 5.26 Å². The topological polar surface area (TPSA) is 52.2 Å². The average molecular weight is 255 g/mol. The molecule has 0 fully saturated rings. The third-order valence-corrected chi connectivity index (χ3v) is 2.69. The molecule has 0 amide bonds. The third-order valence-electron chi connectivity index (χ3n) is 2.69. The summed E-state index contributed by atoms with van der Waals surface area (Å²) in [4.78, 5) is 2.13. The molecule has 1 aromatic heterocycles. The summed E-state index contributed by atoms with van der Waals surface area (Å²) in [7, 11) is 4.10. The second-order valence-corrected chi connectivity index (χ2v) is 4.67. The summed E-state index contributed by atoms with van der Waals surface area (Å²) < 4.78 is 5.30. The van der Waals surface area contributed by atoms with Crippen molar-refractivity contribution in [3.8, 4) is 6.07 Å². The maximum atomic E-state index is 8.67. The second-order valence-electron chi connectivity index (χ2n) is 4.67. The predicted molar refractivity (Wildman–Crippen MR) is 74.6 cm³/mol. The highest BCUT2D eigenvalue weighted by Crippen LogP contribution is 2.13. The molecule has 1 aromatic carbocycles. The van der Waals surface area contributed by atoms with Gasteiger partial charge in [0.15, 0.2) is 0 Å². The van der Waals surface area contributed by atoms with Crippen molar-refractivity contribution in [3.63, 3.8) is 0 Å². The van der Waals surface area contributed by atoms with Gasteiger partial charge in [-0.15, -0.1) is 0 Å². The molecular formula is C15H17N3O. The van der Waals surface area contributed by atoms with E-state index < -0.39 is 0 Å². The molecule has 0 atom stereocenters. The molecule has 0 aliphatic heterocycles. The van der Waals surface area contributed by atoms with Crippen LogP contribution in [0.2, 0.25) is 0 Å². The van der Waals surface area contributed by atoms with Gasteiger partial charge in [0.2, 0.25) is 5.76 Å². The van der Waals surface area contributed by atoms with Crippen LogP contribution in [0.3, 0.4) is 0 Å². The number of furan rings is 1. The Morgan fingerprint density at radius 1 is 1.16 bits per heavy atom. The lowest BCUT2D eigenvalue weighted by atomic mass is 10.2. The highest BCUT2D eigenvalue weighted by Gasteiger charge is 2.01. The lowest BCUT2D eigenvalue weighted by Gasteiger charge is -2.10. The van der Waals surface area contributed by atoms with Gasteiger partial charge in [-0.25, -0.2) is 0 Å². The Labute approximate surface area is 113 Å². The Morgan fingerprint density at radius 3 is 2.47 bits per heavy atom. The van der Waals surface area contributed by atoms with Gasteiger partial charge in [-0.2, -0.15) is 5.26 Å². The molecular weight excluding hydrogens is 238 g/mol. The quantitative estimate of drug-likeness (QED) is 0.892. The number of nitrogens with zero attached hydrogens (tertiary/aromatic N) is 2. The largest absolute Gasteiger partial charge is 0.449 e. The molecule has 0 radical (unpaired) electrons. The first kappa shape index (κ1) is 13.2. The monoisotopic (exact) mass is 255 g/mol. The van der Waals surface area contributed by atoms with Crippen molar-refractivity contribution >= 4 is 5.69 Å². The van der Waals surface area contributed by atoms with Gasteiger partial charge in [0, 0.05) is 12.2 Å². The maximum Gasteiger partial charge on any atom is 0.203 e. The SMILES string of the molecule is CN(C)Cc1ccc(NCc2ccc(C#N)o2)cc1. The van der Waals surface area contributed by atoms with E-state index in [0.29, 0.717) is 12.3 Å². The van der Waals surface area contributed by atoms with Crippen molar-refractivity contribution in [2.24, 2.45) is 0 Å². The van der Waals surface area contributed by atoms with Crippen molar-refractivity contribution in [2.75, 3.05) is 19.4 Å². The number of anilines is 1. The van der Waals surface area contributed by atoms with Crippen LogP contribution in [-0.4, -0.2) is 19.0 Å². The fraction of sp³-hybridized carbons (Fsp3) is 0.267. The molecule has 0 saturated carbocycles. The second kappa shape index (κ2) is 6.07. The Kier molecular flexibility index (Phi) is 4.22. The standard InChI is InChI=1S/C15H17N3O/c1-18(2)11-12-3-5-13(6-4-12)17-10-15-8-7-14(9-16)19-15/h3-8,17H,10-11H2,1-2H3. The molecule has 19 heavy (non-hydrogen) atoms. The van der Waals surface area contributed by atoms with E-state index in [9.17, 15) is 0 Å². The summed E-state index contributed by atoms with van der Waals surface area (Å²) in [6, 6.07) is 13.8. The minimum Gasteiger partial charge on any atom is -0.449 e. The van der Waals surface area contributed by atoms with E-state index in [1.54, 1.807) is 6.07 Å². The van der Waals surface area contributed by atoms with Crippen LogP contribution in [0, 0.1) is 11.3 Å². The molecule has 2 rings (SSSR count). The van der Waals surface area contributed by atoms with Gasteiger partial charge in [0.05, 0.1) is 6.54 Å². The molecule has 0 aliphatic rings. The number of nitriles is 1. The molecule has 0 aliphatic carbocycles. The van der Waals surface area contributed by atoms with Gasteiger partial charge in [-0.1, -0.05) is 12.1 Å². The molecule has 0 spiro atoms. The highest BCUT2D eigenvalue weighted by atomic mass is 16.3. The first-order valence-electron chi connectivity index (χ1n) is 6.14. The number of nitrogens with one attached hydrogen (secondary N) is 1. The smallest absolute Gasteiger partial charge is 0.203 e. The van der Waals surface area contributed by atoms with E-state index in [0.717, 1.165) is 18.0 Å². The van der Waals surface area contributed by atoms with Crippen LogP contribution in [0.4, 0.5) is 5.69 Å². The molecule has 4 nitrogen and oxygen atoms in total. The summed E-state index contributed by atoms with van der Waals surface area (Å²) in [6.07, 6.45) is 0. The Bertz CT molecular complexity index is 564. The van der Waals surface area contributed by atoms with Crippen LogP contribution in [-0.2, 0) is 13.1 Å². The third kappa shape index (κ3) is 3.87. The Balaban J connectivity index is 1.91. The molecule has 4 heteroatoms. The zero-order valence-corrected chi connectivity index (χ0v) is 11.2. The zero-order valence-electron chi connectivity index (χ0n) is 11.2. The minimum absolute atomic E-state index is 0.345. The zero-order chi connectivity index (χ0) is 13.7.